The van der Waals surface area contributed by atoms with Crippen molar-refractivity contribution in [1.29, 1.82) is 0 Å². The number of amidine groups is 1. The maximum atomic E-state index is 12.3. The van der Waals surface area contributed by atoms with E-state index in [1.165, 1.54) is 0 Å². The highest BCUT2D eigenvalue weighted by molar-refractivity contribution is 6.06. The molecule has 7 heteroatoms. The summed E-state index contributed by atoms with van der Waals surface area (Å²) >= 11 is 0. The van der Waals surface area contributed by atoms with Gasteiger partial charge in [0.1, 0.15) is 5.41 Å². The number of nitrogens with two attached hydrogens (primary N) is 1. The molecule has 0 aromatic rings. The summed E-state index contributed by atoms with van der Waals surface area (Å²) in [5.41, 5.74) is 4.79. The first kappa shape index (κ1) is 15.7. The third kappa shape index (κ3) is 4.07. The van der Waals surface area contributed by atoms with Crippen molar-refractivity contribution in [3.63, 3.8) is 0 Å². The monoisotopic (exact) mass is 272 g/mol. The van der Waals surface area contributed by atoms with Gasteiger partial charge in [-0.15, -0.1) is 0 Å². The number of carbonyl (C=O) groups is 1. The molecule has 1 aliphatic rings. The van der Waals surface area contributed by atoms with Crippen LogP contribution in [0.25, 0.3) is 0 Å². The van der Waals surface area contributed by atoms with E-state index < -0.39 is 5.41 Å². The molecule has 1 fully saturated rings. The van der Waals surface area contributed by atoms with Gasteiger partial charge in [0.05, 0.1) is 0 Å². The molecule has 0 spiro atoms. The van der Waals surface area contributed by atoms with Gasteiger partial charge in [-0.2, -0.15) is 0 Å². The fraction of sp³-hybridized carbons (Fsp3) is 0.833. The van der Waals surface area contributed by atoms with Gasteiger partial charge in [-0.1, -0.05) is 5.16 Å². The molecule has 0 unspecified atom stereocenters. The van der Waals surface area contributed by atoms with Gasteiger partial charge in [-0.05, 0) is 39.9 Å². The van der Waals surface area contributed by atoms with Gasteiger partial charge in [-0.25, -0.2) is 0 Å². The number of nitrogens with zero attached hydrogens (tertiary/aromatic N) is 2. The minimum Gasteiger partial charge on any atom is -0.409 e. The molecule has 1 heterocycles. The van der Waals surface area contributed by atoms with Gasteiger partial charge in [0.15, 0.2) is 5.84 Å². The molecule has 1 rings (SSSR count). The van der Waals surface area contributed by atoms with E-state index in [1.807, 2.05) is 14.1 Å². The molecule has 1 aliphatic heterocycles. The van der Waals surface area contributed by atoms with Crippen LogP contribution in [0.5, 0.6) is 0 Å². The second kappa shape index (κ2) is 7.30. The van der Waals surface area contributed by atoms with Gasteiger partial charge in [-0.3, -0.25) is 4.79 Å². The molecular weight excluding hydrogens is 248 g/mol. The molecule has 0 saturated carbocycles. The first-order chi connectivity index (χ1) is 9.03. The highest BCUT2D eigenvalue weighted by atomic mass is 16.5. The lowest BCUT2D eigenvalue weighted by atomic mass is 9.78. The number of hydrogen-bond donors (Lipinski definition) is 3. The molecule has 0 aliphatic carbocycles. The van der Waals surface area contributed by atoms with Crippen LogP contribution in [-0.2, 0) is 9.53 Å². The molecule has 0 aromatic heterocycles. The Kier molecular flexibility index (Phi) is 6.04. The molecule has 1 saturated heterocycles. The summed E-state index contributed by atoms with van der Waals surface area (Å²) in [4.78, 5) is 14.4. The standard InChI is InChI=1S/C12H24N4O3/c1-16(2)7-3-6-14-11(17)12(10(13)15-18)4-8-19-9-5-12/h18H,3-9H2,1-2H3,(H2,13,15)(H,14,17). The summed E-state index contributed by atoms with van der Waals surface area (Å²) in [5, 5.41) is 14.8. The topological polar surface area (TPSA) is 100 Å². The highest BCUT2D eigenvalue weighted by Crippen LogP contribution is 2.31. The second-order valence-electron chi connectivity index (χ2n) is 5.09. The Morgan fingerprint density at radius 1 is 1.47 bits per heavy atom. The SMILES string of the molecule is CN(C)CCCNC(=O)C1(C(N)=NO)CCOCC1. The van der Waals surface area contributed by atoms with Crippen LogP contribution in [0.1, 0.15) is 19.3 Å². The van der Waals surface area contributed by atoms with Crippen LogP contribution in [0.2, 0.25) is 0 Å². The average molecular weight is 272 g/mol. The van der Waals surface area contributed by atoms with Crippen molar-refractivity contribution in [1.82, 2.24) is 10.2 Å². The van der Waals surface area contributed by atoms with E-state index in [9.17, 15) is 4.79 Å². The Labute approximate surface area is 113 Å². The van der Waals surface area contributed by atoms with Crippen molar-refractivity contribution in [3.8, 4) is 0 Å². The Balaban J connectivity index is 2.58. The summed E-state index contributed by atoms with van der Waals surface area (Å²) in [5.74, 6) is -0.203. The van der Waals surface area contributed by atoms with Crippen molar-refractivity contribution in [2.75, 3.05) is 40.4 Å². The maximum Gasteiger partial charge on any atom is 0.234 e. The number of ether oxygens (including phenoxy) is 1. The summed E-state index contributed by atoms with van der Waals surface area (Å²) in [7, 11) is 3.97. The Morgan fingerprint density at radius 2 is 2.11 bits per heavy atom. The molecule has 7 nitrogen and oxygen atoms in total. The zero-order valence-corrected chi connectivity index (χ0v) is 11.7. The second-order valence-corrected chi connectivity index (χ2v) is 5.09. The Bertz CT molecular complexity index is 325. The lowest BCUT2D eigenvalue weighted by Gasteiger charge is -2.34. The van der Waals surface area contributed by atoms with Crippen LogP contribution in [0.3, 0.4) is 0 Å². The third-order valence-electron chi connectivity index (χ3n) is 3.45. The summed E-state index contributed by atoms with van der Waals surface area (Å²) in [6.45, 7) is 2.38. The molecule has 0 bridgehead atoms. The quantitative estimate of drug-likeness (QED) is 0.201. The fourth-order valence-electron chi connectivity index (χ4n) is 2.18. The van der Waals surface area contributed by atoms with Crippen LogP contribution in [0, 0.1) is 5.41 Å². The average Bonchev–Trinajstić information content (AvgIpc) is 2.42. The smallest absolute Gasteiger partial charge is 0.234 e. The van der Waals surface area contributed by atoms with E-state index in [2.05, 4.69) is 15.4 Å². The number of amides is 1. The van der Waals surface area contributed by atoms with Gasteiger partial charge >= 0.3 is 0 Å². The molecule has 0 atom stereocenters. The molecule has 19 heavy (non-hydrogen) atoms. The Morgan fingerprint density at radius 3 is 2.63 bits per heavy atom. The molecule has 4 N–H and O–H groups in total. The third-order valence-corrected chi connectivity index (χ3v) is 3.45. The van der Waals surface area contributed by atoms with Crippen molar-refractivity contribution < 1.29 is 14.7 Å². The van der Waals surface area contributed by atoms with E-state index in [0.717, 1.165) is 13.0 Å². The molecule has 0 aromatic carbocycles. The summed E-state index contributed by atoms with van der Waals surface area (Å²) < 4.78 is 5.25. The van der Waals surface area contributed by atoms with E-state index in [4.69, 9.17) is 15.7 Å². The zero-order valence-electron chi connectivity index (χ0n) is 11.7. The van der Waals surface area contributed by atoms with Crippen LogP contribution in [-0.4, -0.2) is 62.2 Å². The minimum absolute atomic E-state index is 0.0269. The van der Waals surface area contributed by atoms with Gasteiger partial charge < -0.3 is 25.9 Å². The van der Waals surface area contributed by atoms with Crippen LogP contribution in [0.4, 0.5) is 0 Å². The van der Waals surface area contributed by atoms with E-state index in [0.29, 0.717) is 32.6 Å². The molecular formula is C12H24N4O3. The minimum atomic E-state index is -0.925. The number of nitrogens with one attached hydrogen (secondary N) is 1. The lowest BCUT2D eigenvalue weighted by molar-refractivity contribution is -0.131. The van der Waals surface area contributed by atoms with Crippen molar-refractivity contribution in [3.05, 3.63) is 0 Å². The largest absolute Gasteiger partial charge is 0.409 e. The van der Waals surface area contributed by atoms with Crippen LogP contribution >= 0.6 is 0 Å². The maximum absolute atomic E-state index is 12.3. The van der Waals surface area contributed by atoms with Gasteiger partial charge in [0.25, 0.3) is 0 Å². The fourth-order valence-corrected chi connectivity index (χ4v) is 2.18. The normalized spacial score (nSPS) is 19.4. The van der Waals surface area contributed by atoms with E-state index in [1.54, 1.807) is 0 Å². The Hall–Kier alpha value is -1.34. The molecule has 1 amide bonds. The number of carbonyl (C=O) groups excluding carboxylic acids is 1. The highest BCUT2D eigenvalue weighted by Gasteiger charge is 2.44. The number of rotatable bonds is 6. The van der Waals surface area contributed by atoms with Crippen molar-refractivity contribution in [2.45, 2.75) is 19.3 Å². The van der Waals surface area contributed by atoms with Gasteiger partial charge in [0.2, 0.25) is 5.91 Å². The molecule has 0 radical (unpaired) electrons. The summed E-state index contributed by atoms with van der Waals surface area (Å²) in [6.07, 6.45) is 1.76. The number of oxime groups is 1. The first-order valence-corrected chi connectivity index (χ1v) is 6.52. The van der Waals surface area contributed by atoms with Crippen LogP contribution in [0.15, 0.2) is 5.16 Å². The predicted octanol–water partition coefficient (Wildman–Crippen LogP) is -0.402. The predicted molar refractivity (Wildman–Crippen MR) is 72.1 cm³/mol. The van der Waals surface area contributed by atoms with Crippen molar-refractivity contribution >= 4 is 11.7 Å². The van der Waals surface area contributed by atoms with E-state index in [-0.39, 0.29) is 11.7 Å². The lowest BCUT2D eigenvalue weighted by Crippen LogP contribution is -2.53. The van der Waals surface area contributed by atoms with Gasteiger partial charge in [0, 0.05) is 19.8 Å². The van der Waals surface area contributed by atoms with Crippen molar-refractivity contribution in [2.24, 2.45) is 16.3 Å². The summed E-state index contributed by atoms with van der Waals surface area (Å²) in [6, 6.07) is 0. The van der Waals surface area contributed by atoms with E-state index >= 15 is 0 Å². The van der Waals surface area contributed by atoms with Crippen LogP contribution < -0.4 is 11.1 Å². The zero-order chi connectivity index (χ0) is 14.3. The molecule has 110 valence electrons. The number of hydrogen-bond acceptors (Lipinski definition) is 5. The first-order valence-electron chi connectivity index (χ1n) is 6.52.